The number of rotatable bonds is 3. The first kappa shape index (κ1) is 13.1. The second kappa shape index (κ2) is 5.52. The Kier molecular flexibility index (Phi) is 4.25. The van der Waals surface area contributed by atoms with Crippen molar-refractivity contribution in [2.24, 2.45) is 0 Å². The summed E-state index contributed by atoms with van der Waals surface area (Å²) >= 11 is 16.9. The van der Waals surface area contributed by atoms with Gasteiger partial charge in [0.15, 0.2) is 10.3 Å². The van der Waals surface area contributed by atoms with Crippen LogP contribution in [0, 0.1) is 0 Å². The van der Waals surface area contributed by atoms with Gasteiger partial charge in [-0.05, 0) is 32.9 Å². The second-order valence-corrected chi connectivity index (χ2v) is 6.49. The minimum Gasteiger partial charge on any atom is -0.368 e. The Bertz CT molecular complexity index is 532. The smallest absolute Gasteiger partial charge is 0.175 e. The lowest BCUT2D eigenvalue weighted by Crippen LogP contribution is -2.17. The first-order valence-electron chi connectivity index (χ1n) is 4.69. The molecule has 0 saturated carbocycles. The van der Waals surface area contributed by atoms with Crippen LogP contribution in [0.2, 0.25) is 10.3 Å². The van der Waals surface area contributed by atoms with Crippen LogP contribution in [0.3, 0.4) is 0 Å². The maximum atomic E-state index is 5.98. The van der Waals surface area contributed by atoms with E-state index in [4.69, 9.17) is 23.2 Å². The molecule has 2 rings (SSSR count). The molecular formula is C10H8BrCl2N3S. The SMILES string of the molecule is CN(Cc1csc(Br)c1)c1cc(Cl)nnc1Cl. The number of aromatic nitrogens is 2. The van der Waals surface area contributed by atoms with E-state index in [1.807, 2.05) is 11.9 Å². The minimum absolute atomic E-state index is 0.336. The Hall–Kier alpha value is -0.360. The topological polar surface area (TPSA) is 29.0 Å². The van der Waals surface area contributed by atoms with Gasteiger partial charge in [0.25, 0.3) is 0 Å². The number of anilines is 1. The molecule has 2 aromatic rings. The molecule has 2 aromatic heterocycles. The van der Waals surface area contributed by atoms with Crippen molar-refractivity contribution in [2.75, 3.05) is 11.9 Å². The monoisotopic (exact) mass is 351 g/mol. The molecule has 0 bridgehead atoms. The van der Waals surface area contributed by atoms with Crippen LogP contribution < -0.4 is 4.90 Å². The number of halogens is 3. The van der Waals surface area contributed by atoms with E-state index in [9.17, 15) is 0 Å². The molecule has 90 valence electrons. The molecule has 0 saturated heterocycles. The molecule has 3 nitrogen and oxygen atoms in total. The summed E-state index contributed by atoms with van der Waals surface area (Å²) in [6.07, 6.45) is 0. The Balaban J connectivity index is 2.19. The van der Waals surface area contributed by atoms with Gasteiger partial charge in [-0.25, -0.2) is 0 Å². The van der Waals surface area contributed by atoms with Crippen molar-refractivity contribution >= 4 is 56.2 Å². The van der Waals surface area contributed by atoms with Crippen LogP contribution >= 0.6 is 50.5 Å². The molecule has 7 heteroatoms. The summed E-state index contributed by atoms with van der Waals surface area (Å²) in [7, 11) is 1.94. The average molecular weight is 353 g/mol. The molecule has 2 heterocycles. The summed E-state index contributed by atoms with van der Waals surface area (Å²) in [5.74, 6) is 0. The molecule has 0 unspecified atom stereocenters. The van der Waals surface area contributed by atoms with Gasteiger partial charge in [0.2, 0.25) is 0 Å². The van der Waals surface area contributed by atoms with E-state index in [-0.39, 0.29) is 0 Å². The number of thiophene rings is 1. The summed E-state index contributed by atoms with van der Waals surface area (Å²) < 4.78 is 1.11. The third-order valence-electron chi connectivity index (χ3n) is 2.15. The number of hydrogen-bond donors (Lipinski definition) is 0. The van der Waals surface area contributed by atoms with Crippen molar-refractivity contribution in [1.29, 1.82) is 0 Å². The van der Waals surface area contributed by atoms with E-state index in [0.29, 0.717) is 10.3 Å². The Labute approximate surface area is 122 Å². The molecule has 0 N–H and O–H groups in total. The van der Waals surface area contributed by atoms with Crippen LogP contribution in [0.1, 0.15) is 5.56 Å². The van der Waals surface area contributed by atoms with Crippen molar-refractivity contribution in [2.45, 2.75) is 6.54 Å². The van der Waals surface area contributed by atoms with Gasteiger partial charge in [-0.1, -0.05) is 23.2 Å². The van der Waals surface area contributed by atoms with Crippen molar-refractivity contribution < 1.29 is 0 Å². The van der Waals surface area contributed by atoms with Gasteiger partial charge in [0, 0.05) is 19.7 Å². The largest absolute Gasteiger partial charge is 0.368 e. The van der Waals surface area contributed by atoms with Crippen molar-refractivity contribution in [3.63, 3.8) is 0 Å². The highest BCUT2D eigenvalue weighted by molar-refractivity contribution is 9.11. The summed E-state index contributed by atoms with van der Waals surface area (Å²) in [5.41, 5.74) is 1.97. The lowest BCUT2D eigenvalue weighted by molar-refractivity contribution is 0.907. The first-order valence-corrected chi connectivity index (χ1v) is 7.12. The molecule has 0 aliphatic heterocycles. The third kappa shape index (κ3) is 3.31. The lowest BCUT2D eigenvalue weighted by atomic mass is 10.3. The molecule has 0 aliphatic rings. The maximum Gasteiger partial charge on any atom is 0.175 e. The standard InChI is InChI=1S/C10H8BrCl2N3S/c1-16(4-6-2-8(11)17-5-6)7-3-9(12)14-15-10(7)13/h2-3,5H,4H2,1H3. The molecule has 17 heavy (non-hydrogen) atoms. The summed E-state index contributed by atoms with van der Waals surface area (Å²) in [6.45, 7) is 0.740. The molecule has 0 aromatic carbocycles. The highest BCUT2D eigenvalue weighted by Gasteiger charge is 2.10. The van der Waals surface area contributed by atoms with Gasteiger partial charge in [0.1, 0.15) is 0 Å². The molecule has 0 amide bonds. The quantitative estimate of drug-likeness (QED) is 0.827. The second-order valence-electron chi connectivity index (χ2n) is 3.46. The minimum atomic E-state index is 0.336. The average Bonchev–Trinajstić information content (AvgIpc) is 2.67. The van der Waals surface area contributed by atoms with Gasteiger partial charge in [-0.2, -0.15) is 0 Å². The molecule has 0 aliphatic carbocycles. The van der Waals surface area contributed by atoms with Gasteiger partial charge >= 0.3 is 0 Å². The van der Waals surface area contributed by atoms with Crippen molar-refractivity contribution in [3.05, 3.63) is 37.2 Å². The molecule has 0 fully saturated rings. The van der Waals surface area contributed by atoms with Crippen LogP contribution in [0.15, 0.2) is 21.3 Å². The van der Waals surface area contributed by atoms with E-state index >= 15 is 0 Å². The molecule has 0 radical (unpaired) electrons. The van der Waals surface area contributed by atoms with Crippen molar-refractivity contribution in [3.8, 4) is 0 Å². The molecular weight excluding hydrogens is 345 g/mol. The van der Waals surface area contributed by atoms with Gasteiger partial charge < -0.3 is 4.90 Å². The van der Waals surface area contributed by atoms with Crippen molar-refractivity contribution in [1.82, 2.24) is 10.2 Å². The fraction of sp³-hybridized carbons (Fsp3) is 0.200. The zero-order valence-electron chi connectivity index (χ0n) is 8.82. The van der Waals surface area contributed by atoms with E-state index in [1.165, 1.54) is 5.56 Å². The zero-order valence-corrected chi connectivity index (χ0v) is 12.7. The number of hydrogen-bond acceptors (Lipinski definition) is 4. The lowest BCUT2D eigenvalue weighted by Gasteiger charge is -2.19. The van der Waals surface area contributed by atoms with Crippen LogP contribution in [0.25, 0.3) is 0 Å². The fourth-order valence-corrected chi connectivity index (χ4v) is 2.98. The number of nitrogens with zero attached hydrogens (tertiary/aromatic N) is 3. The normalized spacial score (nSPS) is 10.6. The van der Waals surface area contributed by atoms with Crippen LogP contribution in [0.4, 0.5) is 5.69 Å². The van der Waals surface area contributed by atoms with E-state index in [2.05, 4.69) is 37.6 Å². The summed E-state index contributed by atoms with van der Waals surface area (Å²) in [6, 6.07) is 3.78. The Morgan fingerprint density at radius 2 is 2.12 bits per heavy atom. The molecule has 0 atom stereocenters. The van der Waals surface area contributed by atoms with Crippen LogP contribution in [0.5, 0.6) is 0 Å². The molecule has 0 spiro atoms. The summed E-state index contributed by atoms with van der Waals surface area (Å²) in [5, 5.41) is 10.2. The predicted molar refractivity (Wildman–Crippen MR) is 76.2 cm³/mol. The predicted octanol–water partition coefficient (Wildman–Crippen LogP) is 4.24. The fourth-order valence-electron chi connectivity index (χ4n) is 1.40. The first-order chi connectivity index (χ1) is 8.06. The van der Waals surface area contributed by atoms with Gasteiger partial charge in [-0.3, -0.25) is 0 Å². The summed E-state index contributed by atoms with van der Waals surface area (Å²) in [4.78, 5) is 1.98. The van der Waals surface area contributed by atoms with E-state index in [0.717, 1.165) is 16.0 Å². The third-order valence-corrected chi connectivity index (χ3v) is 4.16. The highest BCUT2D eigenvalue weighted by Crippen LogP contribution is 2.27. The van der Waals surface area contributed by atoms with E-state index in [1.54, 1.807) is 17.4 Å². The Morgan fingerprint density at radius 3 is 2.76 bits per heavy atom. The van der Waals surface area contributed by atoms with E-state index < -0.39 is 0 Å². The van der Waals surface area contributed by atoms with Gasteiger partial charge in [0.05, 0.1) is 9.47 Å². The Morgan fingerprint density at radius 1 is 1.35 bits per heavy atom. The van der Waals surface area contributed by atoms with Crippen LogP contribution in [-0.2, 0) is 6.54 Å². The zero-order chi connectivity index (χ0) is 12.4. The highest BCUT2D eigenvalue weighted by atomic mass is 79.9. The van der Waals surface area contributed by atoms with Crippen LogP contribution in [-0.4, -0.2) is 17.2 Å². The van der Waals surface area contributed by atoms with Gasteiger partial charge in [-0.15, -0.1) is 21.5 Å². The maximum absolute atomic E-state index is 5.98.